The van der Waals surface area contributed by atoms with E-state index in [0.29, 0.717) is 21.2 Å². The van der Waals surface area contributed by atoms with Gasteiger partial charge in [-0.2, -0.15) is 0 Å². The van der Waals surface area contributed by atoms with Crippen molar-refractivity contribution in [1.82, 2.24) is 0 Å². The van der Waals surface area contributed by atoms with Crippen LogP contribution >= 0.6 is 11.8 Å². The molecule has 3 aromatic rings. The van der Waals surface area contributed by atoms with Crippen LogP contribution in [-0.4, -0.2) is 50.1 Å². The second-order valence-corrected chi connectivity index (χ2v) is 9.31. The molecule has 33 heavy (non-hydrogen) atoms. The van der Waals surface area contributed by atoms with Gasteiger partial charge in [-0.15, -0.1) is 0 Å². The normalized spacial score (nSPS) is 13.9. The number of amidine groups is 1. The monoisotopic (exact) mass is 474 g/mol. The van der Waals surface area contributed by atoms with E-state index in [0.717, 1.165) is 52.2 Å². The summed E-state index contributed by atoms with van der Waals surface area (Å²) >= 11 is 2.27. The fourth-order valence-electron chi connectivity index (χ4n) is 2.87. The molecule has 3 aromatic carbocycles. The Morgan fingerprint density at radius 3 is 2.15 bits per heavy atom. The van der Waals surface area contributed by atoms with Crippen LogP contribution in [-0.2, 0) is 9.59 Å². The van der Waals surface area contributed by atoms with Crippen LogP contribution in [0.2, 0.25) is 0 Å². The Bertz CT molecular complexity index is 1220. The maximum atomic E-state index is 13.4. The Kier molecular flexibility index (Phi) is 8.57. The number of rotatable bonds is 3. The molecule has 1 aliphatic heterocycles. The van der Waals surface area contributed by atoms with Crippen molar-refractivity contribution in [2.75, 3.05) is 5.32 Å². The summed E-state index contributed by atoms with van der Waals surface area (Å²) in [5.74, 6) is -2.37. The van der Waals surface area contributed by atoms with E-state index in [-0.39, 0.29) is 5.91 Å². The van der Waals surface area contributed by atoms with Crippen LogP contribution in [0.3, 0.4) is 0 Å². The molecule has 0 unspecified atom stereocenters. The molecule has 0 aromatic heterocycles. The van der Waals surface area contributed by atoms with Gasteiger partial charge in [0.2, 0.25) is 0 Å². The van der Waals surface area contributed by atoms with Crippen molar-refractivity contribution in [3.05, 3.63) is 88.8 Å². The molecule has 0 saturated carbocycles. The summed E-state index contributed by atoms with van der Waals surface area (Å²) in [6.45, 7) is 1.08. The third-order valence-corrected chi connectivity index (χ3v) is 5.89. The fraction of sp³-hybridized carbons (Fsp3) is 0.0417. The van der Waals surface area contributed by atoms with E-state index in [1.807, 2.05) is 24.3 Å². The van der Waals surface area contributed by atoms with Crippen LogP contribution in [0.25, 0.3) is 17.2 Å². The van der Waals surface area contributed by atoms with Crippen molar-refractivity contribution in [3.63, 3.8) is 0 Å². The van der Waals surface area contributed by atoms with Gasteiger partial charge in [-0.25, -0.2) is 8.78 Å². The van der Waals surface area contributed by atoms with Crippen molar-refractivity contribution in [2.45, 2.75) is 6.92 Å². The first-order valence-electron chi connectivity index (χ1n) is 9.82. The van der Waals surface area contributed by atoms with Crippen molar-refractivity contribution in [3.8, 4) is 11.1 Å². The SMILES string of the molecule is CC(=O)O.O=C1N=C(Nc2cc[c]([Na])cc2)S/C1=C/c1ccc(-c2cc(F)cc(F)c2)cc1. The number of anilines is 1. The van der Waals surface area contributed by atoms with Gasteiger partial charge in [0.1, 0.15) is 11.6 Å². The first-order chi connectivity index (χ1) is 15.7. The third-order valence-electron chi connectivity index (χ3n) is 4.33. The van der Waals surface area contributed by atoms with Gasteiger partial charge in [0, 0.05) is 13.0 Å². The van der Waals surface area contributed by atoms with Crippen molar-refractivity contribution in [2.24, 2.45) is 4.99 Å². The van der Waals surface area contributed by atoms with Gasteiger partial charge in [-0.1, -0.05) is 0 Å². The Balaban J connectivity index is 0.000000709. The molecule has 4 rings (SSSR count). The molecule has 0 saturated heterocycles. The average Bonchev–Trinajstić information content (AvgIpc) is 3.08. The molecule has 9 heteroatoms. The molecular formula is C24H17F2N2NaO3S. The minimum absolute atomic E-state index is 0.298. The van der Waals surface area contributed by atoms with E-state index in [1.54, 1.807) is 30.3 Å². The Morgan fingerprint density at radius 1 is 1.00 bits per heavy atom. The summed E-state index contributed by atoms with van der Waals surface area (Å²) in [4.78, 5) is 25.8. The van der Waals surface area contributed by atoms with Crippen molar-refractivity contribution in [1.29, 1.82) is 0 Å². The molecule has 2 N–H and O–H groups in total. The Labute approximate surface area is 211 Å². The number of nitrogens with zero attached hydrogens (tertiary/aromatic N) is 1. The number of amides is 1. The zero-order chi connectivity index (χ0) is 24.0. The number of aliphatic carboxylic acids is 1. The van der Waals surface area contributed by atoms with E-state index in [9.17, 15) is 13.6 Å². The van der Waals surface area contributed by atoms with Gasteiger partial charge >= 0.3 is 139 Å². The van der Waals surface area contributed by atoms with E-state index < -0.39 is 17.6 Å². The van der Waals surface area contributed by atoms with Gasteiger partial charge < -0.3 is 5.11 Å². The first kappa shape index (κ1) is 24.9. The number of carboxylic acids is 1. The summed E-state index contributed by atoms with van der Waals surface area (Å²) in [7, 11) is 0. The number of hydrogen-bond acceptors (Lipinski definition) is 4. The van der Waals surface area contributed by atoms with Crippen LogP contribution in [0.15, 0.2) is 76.6 Å². The zero-order valence-corrected chi connectivity index (χ0v) is 20.6. The fourth-order valence-corrected chi connectivity index (χ4v) is 4.03. The summed E-state index contributed by atoms with van der Waals surface area (Å²) in [5.41, 5.74) is 2.84. The molecule has 0 radical (unpaired) electrons. The van der Waals surface area contributed by atoms with Gasteiger partial charge in [0.05, 0.1) is 0 Å². The van der Waals surface area contributed by atoms with E-state index in [1.165, 1.54) is 26.7 Å². The van der Waals surface area contributed by atoms with E-state index in [2.05, 4.69) is 10.3 Å². The molecule has 0 atom stereocenters. The molecule has 1 amide bonds. The van der Waals surface area contributed by atoms with Crippen LogP contribution < -0.4 is 8.13 Å². The number of carboxylic acid groups (broad SMARTS) is 1. The van der Waals surface area contributed by atoms with Gasteiger partial charge in [-0.05, 0) is 23.3 Å². The maximum absolute atomic E-state index is 13.4. The summed E-state index contributed by atoms with van der Waals surface area (Å²) in [5, 5.41) is 11.1. The standard InChI is InChI=1S/C22H13F2N2OS.C2H4O2.Na/c23-17-11-16(12-18(24)13-17)15-8-6-14(7-9-15)10-20-21(27)26-22(28-20)25-19-4-2-1-3-5-19;1-2(3)4;/h2-13H,(H,25,26,27);1H3,(H,3,4);/b20-10+;;. The number of hydrogen-bond donors (Lipinski definition) is 2. The van der Waals surface area contributed by atoms with Crippen molar-refractivity contribution >= 4 is 71.3 Å². The molecule has 0 bridgehead atoms. The molecule has 0 spiro atoms. The number of carbonyl (C=O) groups excluding carboxylic acids is 1. The summed E-state index contributed by atoms with van der Waals surface area (Å²) in [6.07, 6.45) is 1.75. The molecule has 0 aliphatic carbocycles. The molecule has 1 heterocycles. The van der Waals surface area contributed by atoms with Gasteiger partial charge in [0.15, 0.2) is 0 Å². The number of nitrogens with one attached hydrogen (secondary N) is 1. The summed E-state index contributed by atoms with van der Waals surface area (Å²) in [6, 6.07) is 18.5. The second-order valence-electron chi connectivity index (χ2n) is 7.12. The van der Waals surface area contributed by atoms with Crippen LogP contribution in [0.5, 0.6) is 0 Å². The number of benzene rings is 3. The number of halogens is 2. The first-order valence-corrected chi connectivity index (χ1v) is 11.6. The predicted molar refractivity (Wildman–Crippen MR) is 129 cm³/mol. The van der Waals surface area contributed by atoms with Crippen LogP contribution in [0, 0.1) is 11.6 Å². The topological polar surface area (TPSA) is 78.8 Å². The molecule has 1 aliphatic rings. The van der Waals surface area contributed by atoms with Crippen LogP contribution in [0.4, 0.5) is 14.5 Å². The molecule has 0 fully saturated rings. The quantitative estimate of drug-likeness (QED) is 0.429. The Morgan fingerprint density at radius 2 is 1.58 bits per heavy atom. The van der Waals surface area contributed by atoms with Gasteiger partial charge in [0.25, 0.3) is 5.97 Å². The van der Waals surface area contributed by atoms with Crippen molar-refractivity contribution < 1.29 is 23.5 Å². The number of aliphatic imine (C=N–C) groups is 1. The zero-order valence-electron chi connectivity index (χ0n) is 17.8. The van der Waals surface area contributed by atoms with Crippen LogP contribution in [0.1, 0.15) is 12.5 Å². The number of thioether (sulfide) groups is 1. The molecular weight excluding hydrogens is 457 g/mol. The Hall–Kier alpha value is -2.78. The van der Waals surface area contributed by atoms with E-state index >= 15 is 0 Å². The average molecular weight is 474 g/mol. The molecule has 5 nitrogen and oxygen atoms in total. The predicted octanol–water partition coefficient (Wildman–Crippen LogP) is 4.60. The third kappa shape index (κ3) is 7.64. The van der Waals surface area contributed by atoms with E-state index in [4.69, 9.17) is 9.90 Å². The number of carbonyl (C=O) groups is 2. The second kappa shape index (κ2) is 11.4. The minimum atomic E-state index is -0.833. The summed E-state index contributed by atoms with van der Waals surface area (Å²) < 4.78 is 28.1. The van der Waals surface area contributed by atoms with Gasteiger partial charge in [-0.3, -0.25) is 4.79 Å². The molecule has 162 valence electrons.